The van der Waals surface area contributed by atoms with Crippen molar-refractivity contribution in [1.82, 2.24) is 14.6 Å². The van der Waals surface area contributed by atoms with Gasteiger partial charge in [-0.15, -0.1) is 0 Å². The Morgan fingerprint density at radius 2 is 2.10 bits per heavy atom. The Kier molecular flexibility index (Phi) is 2.77. The molecule has 2 aromatic heterocycles. The Balaban J connectivity index is 2.25. The molecule has 0 saturated carbocycles. The number of carboxylic acid groups (broad SMARTS) is 1. The van der Waals surface area contributed by atoms with Gasteiger partial charge in [0.25, 0.3) is 0 Å². The molecule has 0 aliphatic carbocycles. The minimum absolute atomic E-state index is 0.190. The van der Waals surface area contributed by atoms with Gasteiger partial charge in [0.1, 0.15) is 23.1 Å². The molecule has 2 N–H and O–H groups in total. The zero-order valence-corrected chi connectivity index (χ0v) is 10.6. The summed E-state index contributed by atoms with van der Waals surface area (Å²) in [5, 5.41) is 31.8. The molecule has 1 aromatic carbocycles. The van der Waals surface area contributed by atoms with Crippen LogP contribution in [0.15, 0.2) is 36.5 Å². The second kappa shape index (κ2) is 4.61. The lowest BCUT2D eigenvalue weighted by Gasteiger charge is -2.07. The maximum absolute atomic E-state index is 10.9. The fourth-order valence-corrected chi connectivity index (χ4v) is 2.05. The van der Waals surface area contributed by atoms with Crippen molar-refractivity contribution < 1.29 is 15.0 Å². The number of aromatic nitrogens is 3. The van der Waals surface area contributed by atoms with Crippen molar-refractivity contribution in [2.24, 2.45) is 0 Å². The predicted molar refractivity (Wildman–Crippen MR) is 71.8 cm³/mol. The Morgan fingerprint density at radius 1 is 1.29 bits per heavy atom. The molecule has 0 saturated heterocycles. The van der Waals surface area contributed by atoms with E-state index in [1.807, 2.05) is 6.07 Å². The van der Waals surface area contributed by atoms with Gasteiger partial charge in [-0.05, 0) is 12.1 Å². The van der Waals surface area contributed by atoms with Crippen LogP contribution in [-0.2, 0) is 0 Å². The van der Waals surface area contributed by atoms with Gasteiger partial charge < -0.3 is 10.2 Å². The largest absolute Gasteiger partial charge is 0.507 e. The van der Waals surface area contributed by atoms with Crippen LogP contribution in [0.4, 0.5) is 0 Å². The van der Waals surface area contributed by atoms with Crippen molar-refractivity contribution in [3.8, 4) is 23.1 Å². The molecule has 7 nitrogen and oxygen atoms in total. The number of carboxylic acids is 1. The van der Waals surface area contributed by atoms with E-state index in [0.29, 0.717) is 16.9 Å². The maximum Gasteiger partial charge on any atom is 0.339 e. The maximum atomic E-state index is 10.9. The molecule has 3 aromatic rings. The quantitative estimate of drug-likeness (QED) is 0.738. The molecule has 0 unspecified atom stereocenters. The molecule has 0 spiro atoms. The third kappa shape index (κ3) is 2.04. The van der Waals surface area contributed by atoms with Crippen LogP contribution in [0.3, 0.4) is 0 Å². The zero-order chi connectivity index (χ0) is 15.0. The molecule has 0 radical (unpaired) electrons. The van der Waals surface area contributed by atoms with E-state index in [1.54, 1.807) is 18.3 Å². The summed E-state index contributed by atoms with van der Waals surface area (Å²) in [6, 6.07) is 9.29. The molecule has 7 heteroatoms. The minimum atomic E-state index is -1.21. The second-order valence-corrected chi connectivity index (χ2v) is 4.28. The van der Waals surface area contributed by atoms with Crippen molar-refractivity contribution in [1.29, 1.82) is 5.26 Å². The lowest BCUT2D eigenvalue weighted by molar-refractivity contribution is 0.0694. The molecule has 0 fully saturated rings. The Hall–Kier alpha value is -3.40. The van der Waals surface area contributed by atoms with E-state index < -0.39 is 5.97 Å². The van der Waals surface area contributed by atoms with Crippen LogP contribution in [0, 0.1) is 11.3 Å². The van der Waals surface area contributed by atoms with Gasteiger partial charge in [0.2, 0.25) is 0 Å². The number of nitriles is 1. The Labute approximate surface area is 118 Å². The second-order valence-electron chi connectivity index (χ2n) is 4.28. The van der Waals surface area contributed by atoms with E-state index in [1.165, 1.54) is 22.7 Å². The molecular formula is C14H8N4O3. The van der Waals surface area contributed by atoms with Crippen molar-refractivity contribution >= 4 is 11.6 Å². The number of fused-ring (bicyclic) bond motifs is 1. The first kappa shape index (κ1) is 12.6. The average Bonchev–Trinajstić information content (AvgIpc) is 2.93. The molecule has 3 rings (SSSR count). The number of hydrogen-bond donors (Lipinski definition) is 2. The van der Waals surface area contributed by atoms with E-state index in [-0.39, 0.29) is 17.0 Å². The van der Waals surface area contributed by atoms with Gasteiger partial charge in [-0.3, -0.25) is 0 Å². The molecule has 0 aliphatic rings. The number of hydrogen-bond acceptors (Lipinski definition) is 5. The van der Waals surface area contributed by atoms with Crippen molar-refractivity contribution in [2.45, 2.75) is 0 Å². The number of aromatic carboxylic acids is 1. The first-order valence-corrected chi connectivity index (χ1v) is 5.91. The lowest BCUT2D eigenvalue weighted by Crippen LogP contribution is -2.00. The number of rotatable bonds is 2. The average molecular weight is 280 g/mol. The molecule has 2 heterocycles. The minimum Gasteiger partial charge on any atom is -0.507 e. The highest BCUT2D eigenvalue weighted by atomic mass is 16.4. The molecule has 0 bridgehead atoms. The van der Waals surface area contributed by atoms with Crippen LogP contribution in [0.5, 0.6) is 5.75 Å². The van der Waals surface area contributed by atoms with E-state index >= 15 is 0 Å². The fourth-order valence-electron chi connectivity index (χ4n) is 2.05. The van der Waals surface area contributed by atoms with Crippen molar-refractivity contribution in [2.75, 3.05) is 0 Å². The molecule has 0 aliphatic heterocycles. The first-order chi connectivity index (χ1) is 10.1. The highest BCUT2D eigenvalue weighted by molar-refractivity contribution is 5.91. The summed E-state index contributed by atoms with van der Waals surface area (Å²) in [4.78, 5) is 15.0. The first-order valence-electron chi connectivity index (χ1n) is 5.91. The van der Waals surface area contributed by atoms with E-state index in [9.17, 15) is 9.90 Å². The van der Waals surface area contributed by atoms with Crippen LogP contribution in [0.25, 0.3) is 16.9 Å². The summed E-state index contributed by atoms with van der Waals surface area (Å²) >= 11 is 0. The molecule has 102 valence electrons. The van der Waals surface area contributed by atoms with Gasteiger partial charge in [0, 0.05) is 17.7 Å². The van der Waals surface area contributed by atoms with Crippen molar-refractivity contribution in [3.63, 3.8) is 0 Å². The highest BCUT2D eigenvalue weighted by Gasteiger charge is 2.13. The topological polar surface area (TPSA) is 112 Å². The number of benzene rings is 1. The fraction of sp³-hybridized carbons (Fsp3) is 0. The van der Waals surface area contributed by atoms with Crippen LogP contribution >= 0.6 is 0 Å². The lowest BCUT2D eigenvalue weighted by atomic mass is 10.1. The molecule has 0 atom stereocenters. The summed E-state index contributed by atoms with van der Waals surface area (Å²) in [5.74, 6) is -1.56. The predicted octanol–water partition coefficient (Wildman–Crippen LogP) is 1.67. The Bertz CT molecular complexity index is 908. The number of carbonyl (C=O) groups is 1. The monoisotopic (exact) mass is 280 g/mol. The summed E-state index contributed by atoms with van der Waals surface area (Å²) in [6.07, 6.45) is 1.54. The standard InChI is InChI=1S/C14H8N4O3/c15-7-9-6-11(18-13(17-9)3-4-16-18)8-1-2-10(14(20)21)12(19)5-8/h1-6,19H,(H,20,21). The van der Waals surface area contributed by atoms with Gasteiger partial charge in [-0.1, -0.05) is 6.07 Å². The van der Waals surface area contributed by atoms with Gasteiger partial charge >= 0.3 is 5.97 Å². The summed E-state index contributed by atoms with van der Waals surface area (Å²) < 4.78 is 1.51. The highest BCUT2D eigenvalue weighted by Crippen LogP contribution is 2.27. The summed E-state index contributed by atoms with van der Waals surface area (Å²) in [5.41, 5.74) is 1.58. The number of aromatic hydroxyl groups is 1. The van der Waals surface area contributed by atoms with Gasteiger partial charge in [-0.25, -0.2) is 14.3 Å². The molecular weight excluding hydrogens is 272 g/mol. The van der Waals surface area contributed by atoms with Crippen LogP contribution in [0.2, 0.25) is 0 Å². The van der Waals surface area contributed by atoms with E-state index in [4.69, 9.17) is 10.4 Å². The van der Waals surface area contributed by atoms with Crippen LogP contribution in [-0.4, -0.2) is 30.8 Å². The summed E-state index contributed by atoms with van der Waals surface area (Å²) in [7, 11) is 0. The zero-order valence-electron chi connectivity index (χ0n) is 10.6. The number of nitrogens with zero attached hydrogens (tertiary/aromatic N) is 4. The van der Waals surface area contributed by atoms with Crippen LogP contribution < -0.4 is 0 Å². The van der Waals surface area contributed by atoms with E-state index in [0.717, 1.165) is 0 Å². The van der Waals surface area contributed by atoms with Crippen LogP contribution in [0.1, 0.15) is 16.1 Å². The SMILES string of the molecule is N#Cc1cc(-c2ccc(C(=O)O)c(O)c2)n2nccc2n1. The molecule has 21 heavy (non-hydrogen) atoms. The third-order valence-electron chi connectivity index (χ3n) is 3.00. The number of phenols is 1. The van der Waals surface area contributed by atoms with Crippen molar-refractivity contribution in [3.05, 3.63) is 47.8 Å². The smallest absolute Gasteiger partial charge is 0.339 e. The van der Waals surface area contributed by atoms with Gasteiger partial charge in [-0.2, -0.15) is 10.4 Å². The van der Waals surface area contributed by atoms with Gasteiger partial charge in [0.15, 0.2) is 5.65 Å². The normalized spacial score (nSPS) is 10.4. The van der Waals surface area contributed by atoms with Gasteiger partial charge in [0.05, 0.1) is 11.9 Å². The Morgan fingerprint density at radius 3 is 2.76 bits per heavy atom. The van der Waals surface area contributed by atoms with E-state index in [2.05, 4.69) is 10.1 Å². The summed E-state index contributed by atoms with van der Waals surface area (Å²) in [6.45, 7) is 0. The third-order valence-corrected chi connectivity index (χ3v) is 3.00. The molecule has 0 amide bonds.